The number of H-pyrrole nitrogens is 1. The molecule has 1 saturated heterocycles. The Labute approximate surface area is 88.1 Å². The Kier molecular flexibility index (Phi) is 3.05. The zero-order chi connectivity index (χ0) is 10.7. The molecule has 0 spiro atoms. The molecule has 1 aromatic rings. The van der Waals surface area contributed by atoms with Gasteiger partial charge in [0.2, 0.25) is 0 Å². The van der Waals surface area contributed by atoms with Crippen LogP contribution in [0.3, 0.4) is 0 Å². The highest BCUT2D eigenvalue weighted by Crippen LogP contribution is 2.35. The lowest BCUT2D eigenvalue weighted by atomic mass is 9.92. The van der Waals surface area contributed by atoms with E-state index in [1.165, 1.54) is 6.07 Å². The number of piperidine rings is 1. The summed E-state index contributed by atoms with van der Waals surface area (Å²) in [5.41, 5.74) is 0.0353. The van der Waals surface area contributed by atoms with E-state index >= 15 is 0 Å². The lowest BCUT2D eigenvalue weighted by molar-refractivity contribution is -0.0353. The Morgan fingerprint density at radius 3 is 2.93 bits per heavy atom. The first-order valence-electron chi connectivity index (χ1n) is 5.41. The zero-order valence-electron chi connectivity index (χ0n) is 8.60. The average molecular weight is 214 g/mol. The largest absolute Gasteiger partial charge is 0.360 e. The molecular formula is C11H16F2N2. The fourth-order valence-corrected chi connectivity index (χ4v) is 2.13. The molecule has 84 valence electrons. The monoisotopic (exact) mass is 214 g/mol. The molecule has 1 fully saturated rings. The molecule has 0 aromatic carbocycles. The van der Waals surface area contributed by atoms with E-state index in [0.29, 0.717) is 0 Å². The molecule has 2 rings (SSSR count). The fourth-order valence-electron chi connectivity index (χ4n) is 2.13. The Morgan fingerprint density at radius 1 is 1.47 bits per heavy atom. The lowest BCUT2D eigenvalue weighted by Crippen LogP contribution is -2.33. The number of alkyl halides is 2. The number of nitrogens with one attached hydrogen (secondary N) is 2. The van der Waals surface area contributed by atoms with Gasteiger partial charge in [-0.1, -0.05) is 0 Å². The predicted molar refractivity (Wildman–Crippen MR) is 54.9 cm³/mol. The Bertz CT molecular complexity index is 290. The number of hydrogen-bond donors (Lipinski definition) is 2. The molecular weight excluding hydrogens is 198 g/mol. The van der Waals surface area contributed by atoms with Crippen LogP contribution in [0.5, 0.6) is 0 Å². The first kappa shape index (κ1) is 10.6. The number of hydrogen-bond acceptors (Lipinski definition) is 1. The van der Waals surface area contributed by atoms with Crippen molar-refractivity contribution < 1.29 is 8.78 Å². The van der Waals surface area contributed by atoms with Crippen LogP contribution in [0.1, 0.15) is 25.0 Å². The Morgan fingerprint density at radius 2 is 2.33 bits per heavy atom. The van der Waals surface area contributed by atoms with Gasteiger partial charge in [0.1, 0.15) is 0 Å². The molecule has 1 unspecified atom stereocenters. The fraction of sp³-hybridized carbons (Fsp3) is 0.636. The summed E-state index contributed by atoms with van der Waals surface area (Å²) in [5.74, 6) is -2.62. The average Bonchev–Trinajstić information content (AvgIpc) is 2.71. The molecule has 4 heteroatoms. The molecule has 0 saturated carbocycles. The van der Waals surface area contributed by atoms with Gasteiger partial charge < -0.3 is 10.3 Å². The normalized spacial score (nSPS) is 22.9. The van der Waals surface area contributed by atoms with E-state index in [1.807, 2.05) is 0 Å². The van der Waals surface area contributed by atoms with Gasteiger partial charge in [-0.3, -0.25) is 0 Å². The molecule has 0 aliphatic carbocycles. The van der Waals surface area contributed by atoms with Crippen molar-refractivity contribution in [3.05, 3.63) is 24.0 Å². The summed E-state index contributed by atoms with van der Waals surface area (Å²) in [4.78, 5) is 2.60. The summed E-state index contributed by atoms with van der Waals surface area (Å²) in [7, 11) is 0. The number of rotatable bonds is 3. The van der Waals surface area contributed by atoms with Crippen LogP contribution in [-0.4, -0.2) is 18.1 Å². The van der Waals surface area contributed by atoms with Gasteiger partial charge >= 0.3 is 0 Å². The van der Waals surface area contributed by atoms with Gasteiger partial charge in [-0.25, -0.2) is 0 Å². The number of aromatic nitrogens is 1. The standard InChI is InChI=1S/C11H16F2N2/c12-11(13,10-4-2-6-15-10)7-9-3-1-5-14-8-9/h2,4,6,9,14-15H,1,3,5,7-8H2. The van der Waals surface area contributed by atoms with Crippen LogP contribution in [0.2, 0.25) is 0 Å². The highest BCUT2D eigenvalue weighted by molar-refractivity contribution is 5.10. The summed E-state index contributed by atoms with van der Waals surface area (Å²) in [6, 6.07) is 3.07. The van der Waals surface area contributed by atoms with E-state index in [2.05, 4.69) is 10.3 Å². The third-order valence-corrected chi connectivity index (χ3v) is 2.94. The second kappa shape index (κ2) is 4.31. The Hall–Kier alpha value is -0.900. The van der Waals surface area contributed by atoms with Crippen molar-refractivity contribution in [2.75, 3.05) is 13.1 Å². The van der Waals surface area contributed by atoms with Gasteiger partial charge in [0.25, 0.3) is 5.92 Å². The van der Waals surface area contributed by atoms with Crippen molar-refractivity contribution in [2.24, 2.45) is 5.92 Å². The van der Waals surface area contributed by atoms with Crippen LogP contribution < -0.4 is 5.32 Å². The highest BCUT2D eigenvalue weighted by Gasteiger charge is 2.35. The van der Waals surface area contributed by atoms with Crippen molar-refractivity contribution in [3.8, 4) is 0 Å². The molecule has 0 radical (unpaired) electrons. The molecule has 15 heavy (non-hydrogen) atoms. The van der Waals surface area contributed by atoms with Crippen LogP contribution in [0, 0.1) is 5.92 Å². The van der Waals surface area contributed by atoms with E-state index in [-0.39, 0.29) is 18.0 Å². The zero-order valence-corrected chi connectivity index (χ0v) is 8.60. The van der Waals surface area contributed by atoms with Crippen LogP contribution >= 0.6 is 0 Å². The minimum Gasteiger partial charge on any atom is -0.360 e. The molecule has 2 N–H and O–H groups in total. The summed E-state index contributed by atoms with van der Waals surface area (Å²) >= 11 is 0. The molecule has 1 aliphatic rings. The maximum atomic E-state index is 13.7. The van der Waals surface area contributed by atoms with Crippen LogP contribution in [0.4, 0.5) is 8.78 Å². The van der Waals surface area contributed by atoms with Crippen molar-refractivity contribution in [2.45, 2.75) is 25.2 Å². The maximum absolute atomic E-state index is 13.7. The molecule has 1 aliphatic heterocycles. The summed E-state index contributed by atoms with van der Waals surface area (Å²) in [6.45, 7) is 1.68. The molecule has 0 amide bonds. The van der Waals surface area contributed by atoms with Crippen molar-refractivity contribution >= 4 is 0 Å². The van der Waals surface area contributed by atoms with E-state index < -0.39 is 5.92 Å². The van der Waals surface area contributed by atoms with Gasteiger partial charge in [-0.2, -0.15) is 8.78 Å². The van der Waals surface area contributed by atoms with Crippen molar-refractivity contribution in [1.82, 2.24) is 10.3 Å². The molecule has 2 nitrogen and oxygen atoms in total. The summed E-state index contributed by atoms with van der Waals surface area (Å²) in [6.07, 6.45) is 3.40. The molecule has 2 heterocycles. The highest BCUT2D eigenvalue weighted by atomic mass is 19.3. The van der Waals surface area contributed by atoms with Crippen LogP contribution in [-0.2, 0) is 5.92 Å². The second-order valence-corrected chi connectivity index (χ2v) is 4.20. The van der Waals surface area contributed by atoms with Crippen molar-refractivity contribution in [3.63, 3.8) is 0 Å². The molecule has 1 atom stereocenters. The third kappa shape index (κ3) is 2.56. The molecule has 1 aromatic heterocycles. The van der Waals surface area contributed by atoms with Crippen LogP contribution in [0.25, 0.3) is 0 Å². The van der Waals surface area contributed by atoms with Gasteiger partial charge in [-0.05, 0) is 44.0 Å². The van der Waals surface area contributed by atoms with Gasteiger partial charge in [-0.15, -0.1) is 0 Å². The Balaban J connectivity index is 1.97. The van der Waals surface area contributed by atoms with Crippen LogP contribution in [0.15, 0.2) is 18.3 Å². The summed E-state index contributed by atoms with van der Waals surface area (Å²) in [5, 5.41) is 3.16. The maximum Gasteiger partial charge on any atom is 0.287 e. The van der Waals surface area contributed by atoms with Gasteiger partial charge in [0, 0.05) is 12.6 Å². The minimum atomic E-state index is -2.72. The lowest BCUT2D eigenvalue weighted by Gasteiger charge is -2.26. The minimum absolute atomic E-state index is 0.0353. The van der Waals surface area contributed by atoms with E-state index in [9.17, 15) is 8.78 Å². The molecule has 0 bridgehead atoms. The SMILES string of the molecule is FC(F)(CC1CCCNC1)c1ccc[nH]1. The van der Waals surface area contributed by atoms with Gasteiger partial charge in [0.15, 0.2) is 0 Å². The summed E-state index contributed by atoms with van der Waals surface area (Å²) < 4.78 is 27.4. The third-order valence-electron chi connectivity index (χ3n) is 2.94. The van der Waals surface area contributed by atoms with Gasteiger partial charge in [0.05, 0.1) is 5.69 Å². The van der Waals surface area contributed by atoms with E-state index in [4.69, 9.17) is 0 Å². The second-order valence-electron chi connectivity index (χ2n) is 4.20. The topological polar surface area (TPSA) is 27.8 Å². The van der Waals surface area contributed by atoms with Crippen molar-refractivity contribution in [1.29, 1.82) is 0 Å². The first-order valence-corrected chi connectivity index (χ1v) is 5.41. The first-order chi connectivity index (χ1) is 7.18. The smallest absolute Gasteiger partial charge is 0.287 e. The predicted octanol–water partition coefficient (Wildman–Crippen LogP) is 2.50. The quantitative estimate of drug-likeness (QED) is 0.795. The van der Waals surface area contributed by atoms with E-state index in [0.717, 1.165) is 25.9 Å². The number of aromatic amines is 1. The van der Waals surface area contributed by atoms with E-state index in [1.54, 1.807) is 12.3 Å². The number of halogens is 2.